The van der Waals surface area contributed by atoms with E-state index in [-0.39, 0.29) is 11.9 Å². The fourth-order valence-corrected chi connectivity index (χ4v) is 2.53. The summed E-state index contributed by atoms with van der Waals surface area (Å²) < 4.78 is 0. The Morgan fingerprint density at radius 2 is 2.20 bits per heavy atom. The van der Waals surface area contributed by atoms with Crippen molar-refractivity contribution in [3.63, 3.8) is 0 Å². The number of nitrogens with one attached hydrogen (secondary N) is 1. The van der Waals surface area contributed by atoms with Crippen LogP contribution in [-0.2, 0) is 4.79 Å². The van der Waals surface area contributed by atoms with E-state index in [4.69, 9.17) is 0 Å². The normalized spacial score (nSPS) is 28.3. The van der Waals surface area contributed by atoms with E-state index < -0.39 is 0 Å². The third-order valence-electron chi connectivity index (χ3n) is 3.28. The van der Waals surface area contributed by atoms with E-state index in [0.29, 0.717) is 12.3 Å². The molecule has 82 valence electrons. The van der Waals surface area contributed by atoms with Crippen molar-refractivity contribution in [2.24, 2.45) is 5.92 Å². The molecule has 0 aromatic rings. The lowest BCUT2D eigenvalue weighted by Crippen LogP contribution is -2.38. The summed E-state index contributed by atoms with van der Waals surface area (Å²) in [6.07, 6.45) is 3.20. The van der Waals surface area contributed by atoms with E-state index >= 15 is 0 Å². The van der Waals surface area contributed by atoms with Gasteiger partial charge in [0.05, 0.1) is 6.04 Å². The molecule has 0 radical (unpaired) electrons. The van der Waals surface area contributed by atoms with Gasteiger partial charge in [0.1, 0.15) is 0 Å². The van der Waals surface area contributed by atoms with Gasteiger partial charge in [0.15, 0.2) is 0 Å². The molecule has 2 aliphatic heterocycles. The number of hydrogen-bond donors (Lipinski definition) is 1. The molecule has 3 heteroatoms. The molecular weight excluding hydrogens is 188 g/mol. The summed E-state index contributed by atoms with van der Waals surface area (Å²) in [5.41, 5.74) is 0. The zero-order chi connectivity index (χ0) is 10.7. The van der Waals surface area contributed by atoms with Crippen molar-refractivity contribution in [1.82, 2.24) is 10.2 Å². The quantitative estimate of drug-likeness (QED) is 0.671. The first-order valence-electron chi connectivity index (χ1n) is 5.74. The van der Waals surface area contributed by atoms with Gasteiger partial charge >= 0.3 is 0 Å². The third kappa shape index (κ3) is 2.32. The number of carbonyl (C=O) groups is 1. The molecule has 2 rings (SSSR count). The van der Waals surface area contributed by atoms with E-state index in [2.05, 4.69) is 22.1 Å². The second-order valence-electron chi connectivity index (χ2n) is 4.35. The molecule has 0 aliphatic carbocycles. The highest BCUT2D eigenvalue weighted by Gasteiger charge is 2.33. The molecule has 0 aromatic carbocycles. The molecule has 3 nitrogen and oxygen atoms in total. The number of likely N-dealkylation sites (tertiary alicyclic amines) is 1. The van der Waals surface area contributed by atoms with E-state index in [1.165, 1.54) is 12.8 Å². The van der Waals surface area contributed by atoms with Crippen LogP contribution < -0.4 is 5.32 Å². The van der Waals surface area contributed by atoms with E-state index in [0.717, 1.165) is 19.6 Å². The number of hydrogen-bond acceptors (Lipinski definition) is 2. The molecule has 2 aliphatic rings. The first-order chi connectivity index (χ1) is 7.31. The van der Waals surface area contributed by atoms with Crippen LogP contribution in [0.15, 0.2) is 0 Å². The third-order valence-corrected chi connectivity index (χ3v) is 3.28. The second kappa shape index (κ2) is 4.67. The summed E-state index contributed by atoms with van der Waals surface area (Å²) in [5.74, 6) is 6.85. The Kier molecular flexibility index (Phi) is 3.27. The van der Waals surface area contributed by atoms with Gasteiger partial charge in [-0.2, -0.15) is 0 Å². The van der Waals surface area contributed by atoms with Crippen molar-refractivity contribution in [3.05, 3.63) is 0 Å². The van der Waals surface area contributed by atoms with Crippen molar-refractivity contribution in [1.29, 1.82) is 0 Å². The van der Waals surface area contributed by atoms with Gasteiger partial charge in [-0.05, 0) is 32.9 Å². The lowest BCUT2D eigenvalue weighted by Gasteiger charge is -2.27. The van der Waals surface area contributed by atoms with Crippen LogP contribution in [0.4, 0.5) is 0 Å². The van der Waals surface area contributed by atoms with Crippen LogP contribution in [0.1, 0.15) is 26.2 Å². The molecule has 2 unspecified atom stereocenters. The molecule has 2 atom stereocenters. The predicted octanol–water partition coefficient (Wildman–Crippen LogP) is 0.610. The number of carbonyl (C=O) groups excluding carboxylic acids is 1. The van der Waals surface area contributed by atoms with Crippen molar-refractivity contribution < 1.29 is 4.79 Å². The Hall–Kier alpha value is -1.01. The Labute approximate surface area is 91.2 Å². The molecule has 2 heterocycles. The molecule has 2 fully saturated rings. The van der Waals surface area contributed by atoms with Gasteiger partial charge in [-0.3, -0.25) is 9.69 Å². The summed E-state index contributed by atoms with van der Waals surface area (Å²) >= 11 is 0. The van der Waals surface area contributed by atoms with Crippen molar-refractivity contribution in [3.8, 4) is 11.8 Å². The molecule has 0 spiro atoms. The molecule has 0 aromatic heterocycles. The average molecular weight is 206 g/mol. The SMILES string of the molecule is CC#CC(C1CNC(=O)C1)N1CCCC1. The van der Waals surface area contributed by atoms with Crippen LogP contribution in [0, 0.1) is 17.8 Å². The molecule has 1 N–H and O–H groups in total. The summed E-state index contributed by atoms with van der Waals surface area (Å²) in [4.78, 5) is 13.6. The molecular formula is C12H18N2O. The predicted molar refractivity (Wildman–Crippen MR) is 59.2 cm³/mol. The van der Waals surface area contributed by atoms with Crippen LogP contribution >= 0.6 is 0 Å². The van der Waals surface area contributed by atoms with Crippen LogP contribution in [0.3, 0.4) is 0 Å². The maximum Gasteiger partial charge on any atom is 0.220 e. The summed E-state index contributed by atoms with van der Waals surface area (Å²) in [6, 6.07) is 0.288. The fraction of sp³-hybridized carbons (Fsp3) is 0.750. The zero-order valence-corrected chi connectivity index (χ0v) is 9.25. The Morgan fingerprint density at radius 3 is 2.73 bits per heavy atom. The van der Waals surface area contributed by atoms with Gasteiger partial charge in [-0.15, -0.1) is 5.92 Å². The van der Waals surface area contributed by atoms with E-state index in [1.54, 1.807) is 0 Å². The van der Waals surface area contributed by atoms with Gasteiger partial charge in [0.25, 0.3) is 0 Å². The van der Waals surface area contributed by atoms with Crippen molar-refractivity contribution in [2.75, 3.05) is 19.6 Å². The molecule has 0 bridgehead atoms. The Morgan fingerprint density at radius 1 is 1.47 bits per heavy atom. The van der Waals surface area contributed by atoms with Crippen LogP contribution in [-0.4, -0.2) is 36.5 Å². The monoisotopic (exact) mass is 206 g/mol. The summed E-state index contributed by atoms with van der Waals surface area (Å²) in [7, 11) is 0. The summed E-state index contributed by atoms with van der Waals surface area (Å²) in [5, 5.41) is 2.90. The highest BCUT2D eigenvalue weighted by atomic mass is 16.1. The van der Waals surface area contributed by atoms with E-state index in [1.807, 2.05) is 6.92 Å². The Bertz CT molecular complexity index is 296. The first-order valence-corrected chi connectivity index (χ1v) is 5.74. The maximum absolute atomic E-state index is 11.2. The van der Waals surface area contributed by atoms with Crippen LogP contribution in [0.25, 0.3) is 0 Å². The lowest BCUT2D eigenvalue weighted by atomic mass is 9.98. The van der Waals surface area contributed by atoms with Crippen LogP contribution in [0.5, 0.6) is 0 Å². The minimum atomic E-state index is 0.182. The van der Waals surface area contributed by atoms with Gasteiger partial charge in [-0.1, -0.05) is 5.92 Å². The maximum atomic E-state index is 11.2. The number of nitrogens with zero attached hydrogens (tertiary/aromatic N) is 1. The fourth-order valence-electron chi connectivity index (χ4n) is 2.53. The number of rotatable bonds is 2. The lowest BCUT2D eigenvalue weighted by molar-refractivity contribution is -0.119. The Balaban J connectivity index is 2.04. The van der Waals surface area contributed by atoms with Crippen molar-refractivity contribution >= 4 is 5.91 Å². The standard InChI is InChI=1S/C12H18N2O/c1-2-5-11(14-6-3-4-7-14)10-8-12(15)13-9-10/h10-11H,3-4,6-9H2,1H3,(H,13,15). The zero-order valence-electron chi connectivity index (χ0n) is 9.25. The van der Waals surface area contributed by atoms with Gasteiger partial charge in [-0.25, -0.2) is 0 Å². The smallest absolute Gasteiger partial charge is 0.220 e. The second-order valence-corrected chi connectivity index (χ2v) is 4.35. The largest absolute Gasteiger partial charge is 0.356 e. The molecule has 1 amide bonds. The summed E-state index contributed by atoms with van der Waals surface area (Å²) in [6.45, 7) is 4.97. The minimum Gasteiger partial charge on any atom is -0.356 e. The van der Waals surface area contributed by atoms with Gasteiger partial charge in [0.2, 0.25) is 5.91 Å². The highest BCUT2D eigenvalue weighted by molar-refractivity contribution is 5.78. The molecule has 15 heavy (non-hydrogen) atoms. The van der Waals surface area contributed by atoms with Crippen LogP contribution in [0.2, 0.25) is 0 Å². The van der Waals surface area contributed by atoms with Gasteiger partial charge in [0, 0.05) is 18.9 Å². The first kappa shape index (κ1) is 10.5. The van der Waals surface area contributed by atoms with Gasteiger partial charge < -0.3 is 5.32 Å². The number of amides is 1. The molecule has 2 saturated heterocycles. The highest BCUT2D eigenvalue weighted by Crippen LogP contribution is 2.22. The topological polar surface area (TPSA) is 32.3 Å². The minimum absolute atomic E-state index is 0.182. The molecule has 0 saturated carbocycles. The van der Waals surface area contributed by atoms with Crippen molar-refractivity contribution in [2.45, 2.75) is 32.2 Å². The average Bonchev–Trinajstić information content (AvgIpc) is 2.85. The van der Waals surface area contributed by atoms with E-state index in [9.17, 15) is 4.79 Å².